The molecular weight excluding hydrogens is 442 g/mol. The van der Waals surface area contributed by atoms with E-state index in [-0.39, 0.29) is 17.3 Å². The van der Waals surface area contributed by atoms with E-state index < -0.39 is 18.0 Å². The van der Waals surface area contributed by atoms with Gasteiger partial charge in [-0.1, -0.05) is 6.92 Å². The summed E-state index contributed by atoms with van der Waals surface area (Å²) in [5.41, 5.74) is 0.249. The maximum atomic E-state index is 13.7. The SMILES string of the molecule is CN1CCN(c2ccn3ncc(C(=O)Nc4cn([C@H]5CC[C@H](C)CC5)nc4C(F)F)c3n2)CC1. The third-order valence-corrected chi connectivity index (χ3v) is 7.00. The highest BCUT2D eigenvalue weighted by atomic mass is 19.3. The van der Waals surface area contributed by atoms with Crippen molar-refractivity contribution in [2.24, 2.45) is 5.92 Å². The third-order valence-electron chi connectivity index (χ3n) is 7.00. The first kappa shape index (κ1) is 22.7. The molecule has 0 atom stereocenters. The average molecular weight is 473 g/mol. The summed E-state index contributed by atoms with van der Waals surface area (Å²) in [6.45, 7) is 5.74. The van der Waals surface area contributed by atoms with Crippen LogP contribution in [0.2, 0.25) is 0 Å². The van der Waals surface area contributed by atoms with Crippen molar-refractivity contribution in [2.45, 2.75) is 45.1 Å². The second-order valence-electron chi connectivity index (χ2n) is 9.48. The number of halogens is 2. The number of rotatable bonds is 5. The molecule has 1 saturated heterocycles. The molecule has 1 aliphatic carbocycles. The number of fused-ring (bicyclic) bond motifs is 1. The van der Waals surface area contributed by atoms with Crippen LogP contribution in [0.15, 0.2) is 24.7 Å². The van der Waals surface area contributed by atoms with Crippen LogP contribution in [0.3, 0.4) is 0 Å². The van der Waals surface area contributed by atoms with Crippen LogP contribution in [0.5, 0.6) is 0 Å². The lowest BCUT2D eigenvalue weighted by molar-refractivity contribution is 0.102. The lowest BCUT2D eigenvalue weighted by Crippen LogP contribution is -2.44. The molecule has 0 bridgehead atoms. The highest BCUT2D eigenvalue weighted by Crippen LogP contribution is 2.34. The lowest BCUT2D eigenvalue weighted by Gasteiger charge is -2.33. The summed E-state index contributed by atoms with van der Waals surface area (Å²) in [7, 11) is 2.08. The van der Waals surface area contributed by atoms with Gasteiger partial charge in [0.2, 0.25) is 0 Å². The minimum atomic E-state index is -2.79. The van der Waals surface area contributed by atoms with E-state index in [1.807, 2.05) is 6.07 Å². The number of anilines is 2. The Morgan fingerprint density at radius 2 is 1.88 bits per heavy atom. The van der Waals surface area contributed by atoms with Gasteiger partial charge in [-0.25, -0.2) is 18.3 Å². The molecule has 9 nitrogen and oxygen atoms in total. The molecule has 5 rings (SSSR count). The first-order valence-corrected chi connectivity index (χ1v) is 11.9. The van der Waals surface area contributed by atoms with Crippen molar-refractivity contribution in [1.82, 2.24) is 29.3 Å². The van der Waals surface area contributed by atoms with Crippen LogP contribution in [0, 0.1) is 5.92 Å². The zero-order valence-corrected chi connectivity index (χ0v) is 19.5. The number of hydrogen-bond donors (Lipinski definition) is 1. The number of carbonyl (C=O) groups is 1. The van der Waals surface area contributed by atoms with Crippen LogP contribution in [-0.4, -0.2) is 68.4 Å². The molecular formula is C23H30F2N8O. The van der Waals surface area contributed by atoms with E-state index >= 15 is 0 Å². The zero-order valence-electron chi connectivity index (χ0n) is 19.5. The van der Waals surface area contributed by atoms with Crippen molar-refractivity contribution in [3.05, 3.63) is 35.9 Å². The van der Waals surface area contributed by atoms with Crippen molar-refractivity contribution in [3.63, 3.8) is 0 Å². The fourth-order valence-corrected chi connectivity index (χ4v) is 4.78. The summed E-state index contributed by atoms with van der Waals surface area (Å²) in [6.07, 6.45) is 5.80. The number of carbonyl (C=O) groups excluding carboxylic acids is 1. The van der Waals surface area contributed by atoms with E-state index in [9.17, 15) is 13.6 Å². The van der Waals surface area contributed by atoms with Gasteiger partial charge >= 0.3 is 0 Å². The Morgan fingerprint density at radius 3 is 2.59 bits per heavy atom. The second kappa shape index (κ2) is 9.28. The molecule has 0 unspecified atom stereocenters. The number of alkyl halides is 2. The number of hydrogen-bond acceptors (Lipinski definition) is 6. The Kier molecular flexibility index (Phi) is 6.20. The van der Waals surface area contributed by atoms with E-state index in [2.05, 4.69) is 44.3 Å². The van der Waals surface area contributed by atoms with Gasteiger partial charge < -0.3 is 15.1 Å². The number of aromatic nitrogens is 5. The van der Waals surface area contributed by atoms with Gasteiger partial charge in [-0.2, -0.15) is 10.2 Å². The highest BCUT2D eigenvalue weighted by Gasteiger charge is 2.27. The van der Waals surface area contributed by atoms with Gasteiger partial charge in [0.15, 0.2) is 11.3 Å². The maximum Gasteiger partial charge on any atom is 0.284 e. The van der Waals surface area contributed by atoms with Crippen molar-refractivity contribution in [3.8, 4) is 0 Å². The van der Waals surface area contributed by atoms with Crippen LogP contribution in [0.1, 0.15) is 61.1 Å². The fraction of sp³-hybridized carbons (Fsp3) is 0.565. The van der Waals surface area contributed by atoms with Crippen LogP contribution >= 0.6 is 0 Å². The molecule has 2 aliphatic rings. The van der Waals surface area contributed by atoms with Gasteiger partial charge in [-0.3, -0.25) is 9.48 Å². The number of nitrogens with zero attached hydrogens (tertiary/aromatic N) is 7. The molecule has 0 aromatic carbocycles. The van der Waals surface area contributed by atoms with Gasteiger partial charge in [0.05, 0.1) is 17.9 Å². The van der Waals surface area contributed by atoms with Crippen molar-refractivity contribution < 1.29 is 13.6 Å². The van der Waals surface area contributed by atoms with E-state index in [0.717, 1.165) is 57.7 Å². The number of piperazine rings is 1. The number of amides is 1. The molecule has 0 spiro atoms. The van der Waals surface area contributed by atoms with Crippen molar-refractivity contribution in [2.75, 3.05) is 43.4 Å². The Bertz CT molecular complexity index is 1160. The number of nitrogens with one attached hydrogen (secondary N) is 1. The predicted octanol–water partition coefficient (Wildman–Crippen LogP) is 3.62. The van der Waals surface area contributed by atoms with E-state index in [1.54, 1.807) is 10.9 Å². The van der Waals surface area contributed by atoms with Crippen LogP contribution in [0.4, 0.5) is 20.3 Å². The van der Waals surface area contributed by atoms with Gasteiger partial charge in [0, 0.05) is 38.6 Å². The molecule has 11 heteroatoms. The van der Waals surface area contributed by atoms with Crippen LogP contribution in [0.25, 0.3) is 5.65 Å². The third kappa shape index (κ3) is 4.48. The quantitative estimate of drug-likeness (QED) is 0.611. The Hall–Kier alpha value is -3.08. The summed E-state index contributed by atoms with van der Waals surface area (Å²) in [5.74, 6) is 0.874. The Labute approximate surface area is 196 Å². The fourth-order valence-electron chi connectivity index (χ4n) is 4.78. The van der Waals surface area contributed by atoms with E-state index in [1.165, 1.54) is 16.9 Å². The van der Waals surface area contributed by atoms with Gasteiger partial charge in [0.25, 0.3) is 12.3 Å². The smallest absolute Gasteiger partial charge is 0.284 e. The molecule has 4 heterocycles. The largest absolute Gasteiger partial charge is 0.354 e. The first-order valence-electron chi connectivity index (χ1n) is 11.9. The van der Waals surface area contributed by atoms with Crippen molar-refractivity contribution >= 4 is 23.1 Å². The highest BCUT2D eigenvalue weighted by molar-refractivity contribution is 6.08. The topological polar surface area (TPSA) is 83.6 Å². The van der Waals surface area contributed by atoms with Crippen molar-refractivity contribution in [1.29, 1.82) is 0 Å². The minimum Gasteiger partial charge on any atom is -0.354 e. The van der Waals surface area contributed by atoms with Gasteiger partial charge in [-0.15, -0.1) is 0 Å². The van der Waals surface area contributed by atoms with E-state index in [0.29, 0.717) is 11.6 Å². The summed E-state index contributed by atoms with van der Waals surface area (Å²) < 4.78 is 30.6. The van der Waals surface area contributed by atoms with Crippen LogP contribution < -0.4 is 10.2 Å². The molecule has 182 valence electrons. The zero-order chi connectivity index (χ0) is 23.8. The molecule has 1 amide bonds. The predicted molar refractivity (Wildman–Crippen MR) is 125 cm³/mol. The first-order chi connectivity index (χ1) is 16.4. The molecule has 1 aliphatic heterocycles. The Balaban J connectivity index is 1.38. The van der Waals surface area contributed by atoms with E-state index in [4.69, 9.17) is 0 Å². The molecule has 2 fully saturated rings. The summed E-state index contributed by atoms with van der Waals surface area (Å²) in [6, 6.07) is 1.95. The van der Waals surface area contributed by atoms with Crippen LogP contribution in [-0.2, 0) is 0 Å². The number of likely N-dealkylation sites (N-methyl/N-ethyl adjacent to an activating group) is 1. The summed E-state index contributed by atoms with van der Waals surface area (Å²) in [4.78, 5) is 22.2. The molecule has 34 heavy (non-hydrogen) atoms. The summed E-state index contributed by atoms with van der Waals surface area (Å²) >= 11 is 0. The normalized spacial score (nSPS) is 22.0. The standard InChI is InChI=1S/C23H30F2N8O/c1-15-3-5-16(6-4-15)33-14-18(20(29-33)21(24)25)27-23(34)17-13-26-32-8-7-19(28-22(17)32)31-11-9-30(2)10-12-31/h7-8,13-16,21H,3-6,9-12H2,1-2H3,(H,27,34)/t15-,16-. The maximum absolute atomic E-state index is 13.7. The van der Waals surface area contributed by atoms with Gasteiger partial charge in [-0.05, 0) is 44.7 Å². The molecule has 0 radical (unpaired) electrons. The minimum absolute atomic E-state index is 0.0354. The summed E-state index contributed by atoms with van der Waals surface area (Å²) in [5, 5.41) is 11.0. The lowest BCUT2D eigenvalue weighted by atomic mass is 9.87. The monoisotopic (exact) mass is 472 g/mol. The average Bonchev–Trinajstić information content (AvgIpc) is 3.44. The molecule has 1 N–H and O–H groups in total. The second-order valence-corrected chi connectivity index (χ2v) is 9.48. The molecule has 3 aromatic heterocycles. The molecule has 3 aromatic rings. The Morgan fingerprint density at radius 1 is 1.15 bits per heavy atom. The van der Waals surface area contributed by atoms with Gasteiger partial charge in [0.1, 0.15) is 11.4 Å². The molecule has 1 saturated carbocycles.